The highest BCUT2D eigenvalue weighted by Gasteiger charge is 2.19. The molecule has 1 N–H and O–H groups in total. The van der Waals surface area contributed by atoms with Crippen molar-refractivity contribution in [1.29, 1.82) is 0 Å². The molecule has 0 unspecified atom stereocenters. The zero-order valence-corrected chi connectivity index (χ0v) is 16.6. The van der Waals surface area contributed by atoms with Gasteiger partial charge in [0.05, 0.1) is 40.5 Å². The molecule has 0 atom stereocenters. The fraction of sp³-hybridized carbons (Fsp3) is 0.235. The first-order valence-electron chi connectivity index (χ1n) is 8.43. The lowest BCUT2D eigenvalue weighted by atomic mass is 10.3. The van der Waals surface area contributed by atoms with Crippen LogP contribution < -0.4 is 5.56 Å². The zero-order valence-electron chi connectivity index (χ0n) is 14.9. The number of nitrogens with zero attached hydrogens (tertiary/aromatic N) is 6. The molecule has 0 fully saturated rings. The number of H-pyrrole nitrogens is 1. The van der Waals surface area contributed by atoms with Crippen LogP contribution in [0.3, 0.4) is 0 Å². The average molecular weight is 415 g/mol. The van der Waals surface area contributed by atoms with Crippen LogP contribution in [0.25, 0.3) is 21.3 Å². The van der Waals surface area contributed by atoms with Gasteiger partial charge in [0, 0.05) is 23.7 Å². The largest absolute Gasteiger partial charge is 0.323 e. The molecule has 0 aliphatic carbocycles. The van der Waals surface area contributed by atoms with E-state index < -0.39 is 0 Å². The quantitative estimate of drug-likeness (QED) is 0.487. The van der Waals surface area contributed by atoms with Crippen LogP contribution in [0, 0.1) is 12.7 Å². The van der Waals surface area contributed by atoms with Crippen molar-refractivity contribution < 1.29 is 4.39 Å². The van der Waals surface area contributed by atoms with Crippen LogP contribution >= 0.6 is 22.7 Å². The number of fused-ring (bicyclic) bond motifs is 3. The van der Waals surface area contributed by atoms with Crippen molar-refractivity contribution in [3.63, 3.8) is 0 Å². The minimum absolute atomic E-state index is 0.182. The molecule has 5 rings (SSSR count). The molecule has 0 saturated heterocycles. The molecule has 0 aliphatic heterocycles. The molecule has 0 bridgehead atoms. The SMILES string of the molecule is Cc1scnc1Cn1ncc2c3sc(Cc4[nH]ncc4F)nc3n(C)c2c1=O. The standard InChI is InChI=1S/C17H14FN7OS2/c1-8-12(19-7-27-8)6-25-17(26)14-9(4-21-25)15-16(24(14)2)22-13(28-15)3-11-10(18)5-20-23-11/h4-5,7H,3,6H2,1-2H3,(H,20,23). The van der Waals surface area contributed by atoms with Gasteiger partial charge in [-0.15, -0.1) is 22.7 Å². The molecule has 28 heavy (non-hydrogen) atoms. The van der Waals surface area contributed by atoms with Crippen LogP contribution in [0.2, 0.25) is 0 Å². The number of aromatic amines is 1. The van der Waals surface area contributed by atoms with E-state index in [9.17, 15) is 9.18 Å². The fourth-order valence-electron chi connectivity index (χ4n) is 3.22. The van der Waals surface area contributed by atoms with Gasteiger partial charge in [-0.3, -0.25) is 9.89 Å². The molecule has 0 aromatic carbocycles. The van der Waals surface area contributed by atoms with Crippen LogP contribution in [0.4, 0.5) is 4.39 Å². The maximum absolute atomic E-state index is 13.6. The summed E-state index contributed by atoms with van der Waals surface area (Å²) >= 11 is 2.98. The Bertz CT molecular complexity index is 1390. The van der Waals surface area contributed by atoms with E-state index in [4.69, 9.17) is 0 Å². The minimum atomic E-state index is -0.383. The summed E-state index contributed by atoms with van der Waals surface area (Å²) in [7, 11) is 1.81. The maximum atomic E-state index is 13.6. The van der Waals surface area contributed by atoms with Gasteiger partial charge < -0.3 is 4.57 Å². The Kier molecular flexibility index (Phi) is 3.88. The highest BCUT2D eigenvalue weighted by molar-refractivity contribution is 7.19. The van der Waals surface area contributed by atoms with Crippen LogP contribution in [-0.4, -0.2) is 34.5 Å². The van der Waals surface area contributed by atoms with Crippen LogP contribution in [0.5, 0.6) is 0 Å². The smallest absolute Gasteiger partial charge is 0.291 e. The van der Waals surface area contributed by atoms with Crippen molar-refractivity contribution >= 4 is 43.9 Å². The third-order valence-electron chi connectivity index (χ3n) is 4.71. The van der Waals surface area contributed by atoms with Gasteiger partial charge in [-0.05, 0) is 6.92 Å². The molecule has 0 spiro atoms. The van der Waals surface area contributed by atoms with Gasteiger partial charge in [0.25, 0.3) is 5.56 Å². The van der Waals surface area contributed by atoms with Crippen molar-refractivity contribution in [2.75, 3.05) is 0 Å². The lowest BCUT2D eigenvalue weighted by Crippen LogP contribution is -2.24. The summed E-state index contributed by atoms with van der Waals surface area (Å²) in [5, 5.41) is 12.2. The van der Waals surface area contributed by atoms with E-state index in [1.54, 1.807) is 27.6 Å². The van der Waals surface area contributed by atoms with Crippen LogP contribution in [0.15, 0.2) is 22.7 Å². The summed E-state index contributed by atoms with van der Waals surface area (Å²) in [5.74, 6) is -0.383. The Hall–Kier alpha value is -2.92. The summed E-state index contributed by atoms with van der Waals surface area (Å²) in [4.78, 5) is 23.0. The van der Waals surface area contributed by atoms with Crippen molar-refractivity contribution in [1.82, 2.24) is 34.5 Å². The van der Waals surface area contributed by atoms with E-state index in [0.717, 1.165) is 31.9 Å². The van der Waals surface area contributed by atoms with E-state index in [1.807, 2.05) is 14.0 Å². The molecular weight excluding hydrogens is 401 g/mol. The third-order valence-corrected chi connectivity index (χ3v) is 6.59. The first-order chi connectivity index (χ1) is 13.5. The molecule has 0 radical (unpaired) electrons. The summed E-state index contributed by atoms with van der Waals surface area (Å²) in [6.07, 6.45) is 3.16. The van der Waals surface area contributed by atoms with Gasteiger partial charge in [0.15, 0.2) is 11.5 Å². The Morgan fingerprint density at radius 2 is 2.18 bits per heavy atom. The molecule has 5 aromatic heterocycles. The Morgan fingerprint density at radius 3 is 2.89 bits per heavy atom. The summed E-state index contributed by atoms with van der Waals surface area (Å²) in [5.41, 5.74) is 4.06. The van der Waals surface area contributed by atoms with Gasteiger partial charge in [0.2, 0.25) is 0 Å². The molecule has 5 heterocycles. The average Bonchev–Trinajstić information content (AvgIpc) is 3.41. The summed E-state index contributed by atoms with van der Waals surface area (Å²) in [6, 6.07) is 0. The number of thiazole rings is 2. The van der Waals surface area contributed by atoms with E-state index in [-0.39, 0.29) is 11.4 Å². The lowest BCUT2D eigenvalue weighted by molar-refractivity contribution is 0.614. The summed E-state index contributed by atoms with van der Waals surface area (Å²) < 4.78 is 17.7. The topological polar surface area (TPSA) is 94.3 Å². The van der Waals surface area contributed by atoms with Crippen molar-refractivity contribution in [3.8, 4) is 0 Å². The molecule has 5 aromatic rings. The third kappa shape index (κ3) is 2.58. The first-order valence-corrected chi connectivity index (χ1v) is 10.1. The normalized spacial score (nSPS) is 11.8. The number of aryl methyl sites for hydroxylation is 2. The molecular formula is C17H14FN7OS2. The van der Waals surface area contributed by atoms with Gasteiger partial charge in [-0.25, -0.2) is 19.0 Å². The number of nitrogens with one attached hydrogen (secondary N) is 1. The van der Waals surface area contributed by atoms with Crippen molar-refractivity contribution in [2.24, 2.45) is 7.05 Å². The zero-order chi connectivity index (χ0) is 19.4. The minimum Gasteiger partial charge on any atom is -0.323 e. The number of rotatable bonds is 4. The Balaban J connectivity index is 1.60. The van der Waals surface area contributed by atoms with E-state index in [0.29, 0.717) is 29.8 Å². The van der Waals surface area contributed by atoms with Gasteiger partial charge in [0.1, 0.15) is 10.5 Å². The number of hydrogen-bond acceptors (Lipinski definition) is 7. The van der Waals surface area contributed by atoms with Gasteiger partial charge >= 0.3 is 0 Å². The molecule has 8 nitrogen and oxygen atoms in total. The van der Waals surface area contributed by atoms with E-state index in [2.05, 4.69) is 25.3 Å². The van der Waals surface area contributed by atoms with E-state index in [1.165, 1.54) is 16.0 Å². The highest BCUT2D eigenvalue weighted by atomic mass is 32.1. The molecule has 11 heteroatoms. The molecule has 0 amide bonds. The monoisotopic (exact) mass is 415 g/mol. The predicted molar refractivity (Wildman–Crippen MR) is 105 cm³/mol. The molecule has 142 valence electrons. The number of halogens is 1. The second-order valence-electron chi connectivity index (χ2n) is 6.42. The predicted octanol–water partition coefficient (Wildman–Crippen LogP) is 2.61. The molecule has 0 saturated carbocycles. The second kappa shape index (κ2) is 6.31. The van der Waals surface area contributed by atoms with Crippen molar-refractivity contribution in [2.45, 2.75) is 19.9 Å². The van der Waals surface area contributed by atoms with Gasteiger partial charge in [-0.1, -0.05) is 0 Å². The van der Waals surface area contributed by atoms with Crippen LogP contribution in [-0.2, 0) is 20.0 Å². The maximum Gasteiger partial charge on any atom is 0.291 e. The highest BCUT2D eigenvalue weighted by Crippen LogP contribution is 2.31. The van der Waals surface area contributed by atoms with Crippen molar-refractivity contribution in [3.05, 3.63) is 55.3 Å². The van der Waals surface area contributed by atoms with Gasteiger partial charge in [-0.2, -0.15) is 10.2 Å². The second-order valence-corrected chi connectivity index (χ2v) is 8.56. The summed E-state index contributed by atoms with van der Waals surface area (Å²) in [6.45, 7) is 2.31. The van der Waals surface area contributed by atoms with Crippen LogP contribution in [0.1, 0.15) is 21.3 Å². The number of hydrogen-bond donors (Lipinski definition) is 1. The Morgan fingerprint density at radius 1 is 1.32 bits per heavy atom. The van der Waals surface area contributed by atoms with E-state index >= 15 is 0 Å². The number of aromatic nitrogens is 7. The Labute approximate surface area is 165 Å². The fourth-order valence-corrected chi connectivity index (χ4v) is 4.92. The molecule has 0 aliphatic rings. The lowest BCUT2D eigenvalue weighted by Gasteiger charge is -2.04. The first kappa shape index (κ1) is 17.2.